The van der Waals surface area contributed by atoms with Crippen molar-refractivity contribution < 1.29 is 4.79 Å². The zero-order valence-corrected chi connectivity index (χ0v) is 17.7. The summed E-state index contributed by atoms with van der Waals surface area (Å²) in [5, 5.41) is 12.5. The molecule has 3 aromatic rings. The molecule has 0 aliphatic heterocycles. The largest absolute Gasteiger partial charge is 0.360 e. The average molecular weight is 413 g/mol. The Hall–Kier alpha value is -2.38. The maximum atomic E-state index is 12.7. The molecule has 0 radical (unpaired) electrons. The summed E-state index contributed by atoms with van der Waals surface area (Å²) < 4.78 is 0.802. The maximum absolute atomic E-state index is 12.7. The summed E-state index contributed by atoms with van der Waals surface area (Å²) in [6, 6.07) is 18.3. The molecule has 0 aliphatic rings. The number of hydrogen-bond donors (Lipinski definition) is 1. The van der Waals surface area contributed by atoms with Crippen LogP contribution in [0.2, 0.25) is 0 Å². The van der Waals surface area contributed by atoms with Gasteiger partial charge in [0.15, 0.2) is 4.34 Å². The molecule has 1 amide bonds. The SMILES string of the molecule is CCN(C(=O)CSc1nnc(NCCc2ccccc2)s1)c1ccccc1C. The van der Waals surface area contributed by atoms with E-state index in [9.17, 15) is 4.79 Å². The van der Waals surface area contributed by atoms with Crippen LogP contribution in [0.1, 0.15) is 18.1 Å². The standard InChI is InChI=1S/C21H24N4OS2/c1-3-25(18-12-8-7-9-16(18)2)19(26)15-27-21-24-23-20(28-21)22-14-13-17-10-5-4-6-11-17/h4-12H,3,13-15H2,1-2H3,(H,22,23). The van der Waals surface area contributed by atoms with Crippen LogP contribution in [0.3, 0.4) is 0 Å². The molecule has 0 atom stereocenters. The summed E-state index contributed by atoms with van der Waals surface area (Å²) in [6.45, 7) is 5.47. The molecule has 1 N–H and O–H groups in total. The van der Waals surface area contributed by atoms with Gasteiger partial charge in [-0.1, -0.05) is 71.6 Å². The molecule has 0 bridgehead atoms. The van der Waals surface area contributed by atoms with Gasteiger partial charge in [0, 0.05) is 18.8 Å². The minimum absolute atomic E-state index is 0.0792. The normalized spacial score (nSPS) is 10.6. The summed E-state index contributed by atoms with van der Waals surface area (Å²) in [5.41, 5.74) is 3.36. The minimum atomic E-state index is 0.0792. The number of aromatic nitrogens is 2. The van der Waals surface area contributed by atoms with Crippen LogP contribution < -0.4 is 10.2 Å². The van der Waals surface area contributed by atoms with Crippen molar-refractivity contribution in [1.29, 1.82) is 0 Å². The topological polar surface area (TPSA) is 58.1 Å². The lowest BCUT2D eigenvalue weighted by Crippen LogP contribution is -2.32. The molecule has 2 aromatic carbocycles. The number of para-hydroxylation sites is 1. The Bertz CT molecular complexity index is 898. The van der Waals surface area contributed by atoms with Crippen molar-refractivity contribution in [2.45, 2.75) is 24.6 Å². The van der Waals surface area contributed by atoms with Gasteiger partial charge >= 0.3 is 0 Å². The minimum Gasteiger partial charge on any atom is -0.360 e. The third kappa shape index (κ3) is 5.56. The summed E-state index contributed by atoms with van der Waals surface area (Å²) in [4.78, 5) is 14.5. The number of nitrogens with zero attached hydrogens (tertiary/aromatic N) is 3. The van der Waals surface area contributed by atoms with Crippen LogP contribution in [0.4, 0.5) is 10.8 Å². The Labute approximate surface area is 174 Å². The molecule has 1 aromatic heterocycles. The number of rotatable bonds is 9. The van der Waals surface area contributed by atoms with Crippen LogP contribution in [-0.2, 0) is 11.2 Å². The van der Waals surface area contributed by atoms with Crippen LogP contribution in [0, 0.1) is 6.92 Å². The van der Waals surface area contributed by atoms with Crippen molar-refractivity contribution in [3.63, 3.8) is 0 Å². The van der Waals surface area contributed by atoms with Gasteiger partial charge in [0.2, 0.25) is 11.0 Å². The number of hydrogen-bond acceptors (Lipinski definition) is 6. The molecule has 146 valence electrons. The van der Waals surface area contributed by atoms with Crippen molar-refractivity contribution in [2.75, 3.05) is 29.1 Å². The predicted octanol–water partition coefficient (Wildman–Crippen LogP) is 4.65. The molecule has 0 saturated heterocycles. The molecule has 7 heteroatoms. The fourth-order valence-corrected chi connectivity index (χ4v) is 4.50. The number of aryl methyl sites for hydroxylation is 1. The van der Waals surface area contributed by atoms with E-state index in [0.29, 0.717) is 12.3 Å². The van der Waals surface area contributed by atoms with Gasteiger partial charge in [0.25, 0.3) is 0 Å². The highest BCUT2D eigenvalue weighted by Gasteiger charge is 2.17. The summed E-state index contributed by atoms with van der Waals surface area (Å²) >= 11 is 2.92. The first-order valence-electron chi connectivity index (χ1n) is 9.27. The average Bonchev–Trinajstić information content (AvgIpc) is 3.17. The number of nitrogens with one attached hydrogen (secondary N) is 1. The smallest absolute Gasteiger partial charge is 0.237 e. The van der Waals surface area contributed by atoms with Crippen LogP contribution in [0.5, 0.6) is 0 Å². The molecule has 0 aliphatic carbocycles. The molecule has 5 nitrogen and oxygen atoms in total. The number of thioether (sulfide) groups is 1. The Morgan fingerprint density at radius 2 is 1.86 bits per heavy atom. The lowest BCUT2D eigenvalue weighted by molar-refractivity contribution is -0.116. The molecule has 1 heterocycles. The number of amides is 1. The second kappa shape index (κ2) is 10.2. The molecule has 3 rings (SSSR count). The van der Waals surface area contributed by atoms with Crippen LogP contribution in [0.25, 0.3) is 0 Å². The van der Waals surface area contributed by atoms with Crippen molar-refractivity contribution in [3.05, 3.63) is 65.7 Å². The quantitative estimate of drug-likeness (QED) is 0.519. The van der Waals surface area contributed by atoms with Gasteiger partial charge in [-0.15, -0.1) is 10.2 Å². The van der Waals surface area contributed by atoms with Gasteiger partial charge in [-0.05, 0) is 37.5 Å². The molecular formula is C21H24N4OS2. The monoisotopic (exact) mass is 412 g/mol. The van der Waals surface area contributed by atoms with E-state index in [2.05, 4.69) is 27.6 Å². The fraction of sp³-hybridized carbons (Fsp3) is 0.286. The molecule has 28 heavy (non-hydrogen) atoms. The zero-order chi connectivity index (χ0) is 19.8. The van der Waals surface area contributed by atoms with E-state index in [0.717, 1.165) is 33.7 Å². The second-order valence-electron chi connectivity index (χ2n) is 6.25. The molecule has 0 saturated carbocycles. The highest BCUT2D eigenvalue weighted by molar-refractivity contribution is 8.01. The first kappa shape index (κ1) is 20.4. The van der Waals surface area contributed by atoms with Gasteiger partial charge in [0.1, 0.15) is 0 Å². The van der Waals surface area contributed by atoms with E-state index in [4.69, 9.17) is 0 Å². The summed E-state index contributed by atoms with van der Waals surface area (Å²) in [6.07, 6.45) is 0.934. The first-order valence-corrected chi connectivity index (χ1v) is 11.1. The second-order valence-corrected chi connectivity index (χ2v) is 8.45. The molecule has 0 fully saturated rings. The van der Waals surface area contributed by atoms with E-state index in [1.54, 1.807) is 0 Å². The number of carbonyl (C=O) groups excluding carboxylic acids is 1. The lowest BCUT2D eigenvalue weighted by Gasteiger charge is -2.22. The van der Waals surface area contributed by atoms with E-state index < -0.39 is 0 Å². The van der Waals surface area contributed by atoms with Crippen LogP contribution >= 0.6 is 23.1 Å². The number of carbonyl (C=O) groups is 1. The van der Waals surface area contributed by atoms with E-state index in [1.165, 1.54) is 28.7 Å². The molecular weight excluding hydrogens is 388 g/mol. The van der Waals surface area contributed by atoms with Crippen LogP contribution in [-0.4, -0.2) is 34.9 Å². The Morgan fingerprint density at radius 1 is 1.11 bits per heavy atom. The van der Waals surface area contributed by atoms with E-state index in [1.807, 2.05) is 61.2 Å². The predicted molar refractivity (Wildman–Crippen MR) is 118 cm³/mol. The van der Waals surface area contributed by atoms with E-state index in [-0.39, 0.29) is 5.91 Å². The highest BCUT2D eigenvalue weighted by atomic mass is 32.2. The van der Waals surface area contributed by atoms with Gasteiger partial charge < -0.3 is 10.2 Å². The third-order valence-corrected chi connectivity index (χ3v) is 6.28. The molecule has 0 spiro atoms. The first-order chi connectivity index (χ1) is 13.7. The third-order valence-electron chi connectivity index (χ3n) is 4.28. The van der Waals surface area contributed by atoms with Gasteiger partial charge in [-0.2, -0.15) is 0 Å². The lowest BCUT2D eigenvalue weighted by atomic mass is 10.2. The Balaban J connectivity index is 1.49. The van der Waals surface area contributed by atoms with Gasteiger partial charge in [-0.25, -0.2) is 0 Å². The fourth-order valence-electron chi connectivity index (χ4n) is 2.85. The van der Waals surface area contributed by atoms with Crippen molar-refractivity contribution in [1.82, 2.24) is 10.2 Å². The van der Waals surface area contributed by atoms with Gasteiger partial charge in [-0.3, -0.25) is 4.79 Å². The van der Waals surface area contributed by atoms with Crippen LogP contribution in [0.15, 0.2) is 58.9 Å². The van der Waals surface area contributed by atoms with Crippen molar-refractivity contribution in [3.8, 4) is 0 Å². The Morgan fingerprint density at radius 3 is 2.61 bits per heavy atom. The number of benzene rings is 2. The number of anilines is 2. The van der Waals surface area contributed by atoms with Gasteiger partial charge in [0.05, 0.1) is 5.75 Å². The molecule has 0 unspecified atom stereocenters. The Kier molecular flexibility index (Phi) is 7.45. The summed E-state index contributed by atoms with van der Waals surface area (Å²) in [7, 11) is 0. The van der Waals surface area contributed by atoms with Crippen molar-refractivity contribution >= 4 is 39.8 Å². The van der Waals surface area contributed by atoms with Crippen molar-refractivity contribution in [2.24, 2.45) is 0 Å². The highest BCUT2D eigenvalue weighted by Crippen LogP contribution is 2.27. The van der Waals surface area contributed by atoms with E-state index >= 15 is 0 Å². The zero-order valence-electron chi connectivity index (χ0n) is 16.1. The maximum Gasteiger partial charge on any atom is 0.237 e. The summed E-state index contributed by atoms with van der Waals surface area (Å²) in [5.74, 6) is 0.427.